The third-order valence-corrected chi connectivity index (χ3v) is 3.86. The second kappa shape index (κ2) is 9.45. The van der Waals surface area contributed by atoms with Gasteiger partial charge in [-0.2, -0.15) is 0 Å². The highest BCUT2D eigenvalue weighted by molar-refractivity contribution is 7.11. The Labute approximate surface area is 115 Å². The van der Waals surface area contributed by atoms with Gasteiger partial charge in [-0.25, -0.2) is 0 Å². The van der Waals surface area contributed by atoms with Crippen LogP contribution in [0.2, 0.25) is 0 Å². The van der Waals surface area contributed by atoms with E-state index in [0.717, 1.165) is 25.9 Å². The van der Waals surface area contributed by atoms with Gasteiger partial charge in [0.05, 0.1) is 0 Å². The molecule has 0 aliphatic rings. The van der Waals surface area contributed by atoms with Crippen LogP contribution in [0.5, 0.6) is 0 Å². The van der Waals surface area contributed by atoms with Crippen LogP contribution in [-0.4, -0.2) is 23.3 Å². The second-order valence-corrected chi connectivity index (χ2v) is 6.39. The van der Waals surface area contributed by atoms with Gasteiger partial charge in [-0.05, 0) is 18.9 Å². The predicted molar refractivity (Wildman–Crippen MR) is 79.2 cm³/mol. The Hall–Kier alpha value is -0.480. The summed E-state index contributed by atoms with van der Waals surface area (Å²) in [5, 5.41) is 14.4. The Morgan fingerprint density at radius 1 is 1.06 bits per heavy atom. The molecule has 0 aromatic carbocycles. The van der Waals surface area contributed by atoms with Gasteiger partial charge < -0.3 is 5.32 Å². The minimum Gasteiger partial charge on any atom is -0.316 e. The number of hydrogen-bond acceptors (Lipinski definition) is 4. The molecule has 1 aromatic rings. The maximum atomic E-state index is 4.27. The molecule has 0 radical (unpaired) electrons. The van der Waals surface area contributed by atoms with Crippen molar-refractivity contribution in [1.82, 2.24) is 15.5 Å². The Kier molecular flexibility index (Phi) is 8.18. The average molecular weight is 269 g/mol. The summed E-state index contributed by atoms with van der Waals surface area (Å²) >= 11 is 1.79. The fourth-order valence-electron chi connectivity index (χ4n) is 1.78. The zero-order valence-electron chi connectivity index (χ0n) is 12.0. The molecule has 1 rings (SSSR count). The van der Waals surface area contributed by atoms with Gasteiger partial charge in [-0.15, -0.1) is 21.5 Å². The molecule has 18 heavy (non-hydrogen) atoms. The summed E-state index contributed by atoms with van der Waals surface area (Å²) in [6.45, 7) is 8.80. The van der Waals surface area contributed by atoms with Crippen molar-refractivity contribution in [3.63, 3.8) is 0 Å². The van der Waals surface area contributed by atoms with Crippen molar-refractivity contribution in [3.05, 3.63) is 10.0 Å². The van der Waals surface area contributed by atoms with E-state index in [1.165, 1.54) is 35.7 Å². The van der Waals surface area contributed by atoms with E-state index in [2.05, 4.69) is 36.3 Å². The van der Waals surface area contributed by atoms with Gasteiger partial charge in [0, 0.05) is 19.4 Å². The topological polar surface area (TPSA) is 37.8 Å². The highest BCUT2D eigenvalue weighted by Crippen LogP contribution is 2.13. The summed E-state index contributed by atoms with van der Waals surface area (Å²) in [7, 11) is 0. The lowest BCUT2D eigenvalue weighted by molar-refractivity contribution is 0.553. The van der Waals surface area contributed by atoms with Crippen LogP contribution in [0.4, 0.5) is 0 Å². The average Bonchev–Trinajstić information content (AvgIpc) is 2.78. The summed E-state index contributed by atoms with van der Waals surface area (Å²) in [6, 6.07) is 0. The lowest BCUT2D eigenvalue weighted by Crippen LogP contribution is -2.22. The second-order valence-electron chi connectivity index (χ2n) is 5.25. The van der Waals surface area contributed by atoms with Gasteiger partial charge in [0.1, 0.15) is 10.0 Å². The lowest BCUT2D eigenvalue weighted by Gasteiger charge is -2.05. The van der Waals surface area contributed by atoms with Crippen LogP contribution >= 0.6 is 11.3 Å². The molecule has 0 saturated carbocycles. The van der Waals surface area contributed by atoms with Gasteiger partial charge in [0.15, 0.2) is 0 Å². The van der Waals surface area contributed by atoms with Crippen LogP contribution in [-0.2, 0) is 12.8 Å². The number of hydrogen-bond donors (Lipinski definition) is 1. The van der Waals surface area contributed by atoms with Crippen LogP contribution in [0, 0.1) is 5.92 Å². The summed E-state index contributed by atoms with van der Waals surface area (Å²) in [4.78, 5) is 0. The van der Waals surface area contributed by atoms with Gasteiger partial charge in [-0.1, -0.05) is 40.0 Å². The molecule has 0 aliphatic carbocycles. The Balaban J connectivity index is 2.13. The molecule has 0 fully saturated rings. The van der Waals surface area contributed by atoms with Crippen molar-refractivity contribution in [1.29, 1.82) is 0 Å². The SMILES string of the molecule is CCCCCCc1nnc(CCNCC(C)C)s1. The van der Waals surface area contributed by atoms with Gasteiger partial charge in [0.2, 0.25) is 0 Å². The molecular weight excluding hydrogens is 242 g/mol. The fourth-order valence-corrected chi connectivity index (χ4v) is 2.67. The normalized spacial score (nSPS) is 11.3. The molecule has 0 spiro atoms. The van der Waals surface area contributed by atoms with Crippen LogP contribution in [0.25, 0.3) is 0 Å². The molecule has 0 amide bonds. The zero-order valence-corrected chi connectivity index (χ0v) is 12.9. The van der Waals surface area contributed by atoms with Crippen molar-refractivity contribution in [2.24, 2.45) is 5.92 Å². The monoisotopic (exact) mass is 269 g/mol. The molecule has 104 valence electrons. The summed E-state index contributed by atoms with van der Waals surface area (Å²) < 4.78 is 0. The molecule has 0 atom stereocenters. The van der Waals surface area contributed by atoms with Crippen LogP contribution in [0.1, 0.15) is 56.5 Å². The van der Waals surface area contributed by atoms with Crippen molar-refractivity contribution < 1.29 is 0 Å². The van der Waals surface area contributed by atoms with Gasteiger partial charge in [-0.3, -0.25) is 0 Å². The van der Waals surface area contributed by atoms with Crippen LogP contribution in [0.3, 0.4) is 0 Å². The minimum atomic E-state index is 0.716. The molecule has 0 unspecified atom stereocenters. The molecule has 4 heteroatoms. The van der Waals surface area contributed by atoms with Crippen LogP contribution in [0.15, 0.2) is 0 Å². The molecule has 0 aliphatic heterocycles. The number of rotatable bonds is 10. The van der Waals surface area contributed by atoms with E-state index < -0.39 is 0 Å². The predicted octanol–water partition coefficient (Wildman–Crippen LogP) is 3.45. The van der Waals surface area contributed by atoms with Crippen molar-refractivity contribution in [2.75, 3.05) is 13.1 Å². The Bertz CT molecular complexity index is 310. The minimum absolute atomic E-state index is 0.716. The number of unbranched alkanes of at least 4 members (excludes halogenated alkanes) is 3. The molecule has 0 saturated heterocycles. The van der Waals surface area contributed by atoms with E-state index in [1.54, 1.807) is 11.3 Å². The first kappa shape index (κ1) is 15.6. The first-order chi connectivity index (χ1) is 8.72. The molecule has 3 nitrogen and oxygen atoms in total. The number of nitrogens with zero attached hydrogens (tertiary/aromatic N) is 2. The highest BCUT2D eigenvalue weighted by atomic mass is 32.1. The smallest absolute Gasteiger partial charge is 0.118 e. The van der Waals surface area contributed by atoms with Crippen LogP contribution < -0.4 is 5.32 Å². The van der Waals surface area contributed by atoms with Crippen molar-refractivity contribution >= 4 is 11.3 Å². The van der Waals surface area contributed by atoms with E-state index in [0.29, 0.717) is 5.92 Å². The van der Waals surface area contributed by atoms with E-state index in [4.69, 9.17) is 0 Å². The zero-order chi connectivity index (χ0) is 13.2. The maximum absolute atomic E-state index is 4.27. The summed E-state index contributed by atoms with van der Waals surface area (Å²) in [6.07, 6.45) is 7.33. The number of aryl methyl sites for hydroxylation is 1. The van der Waals surface area contributed by atoms with Crippen molar-refractivity contribution in [3.8, 4) is 0 Å². The highest BCUT2D eigenvalue weighted by Gasteiger charge is 2.04. The summed E-state index contributed by atoms with van der Waals surface area (Å²) in [5.74, 6) is 0.716. The van der Waals surface area contributed by atoms with Gasteiger partial charge >= 0.3 is 0 Å². The van der Waals surface area contributed by atoms with E-state index in [1.807, 2.05) is 0 Å². The Morgan fingerprint density at radius 3 is 2.44 bits per heavy atom. The van der Waals surface area contributed by atoms with E-state index in [9.17, 15) is 0 Å². The first-order valence-corrected chi connectivity index (χ1v) is 8.06. The lowest BCUT2D eigenvalue weighted by atomic mass is 10.2. The third-order valence-electron chi connectivity index (χ3n) is 2.82. The largest absolute Gasteiger partial charge is 0.316 e. The number of aromatic nitrogens is 2. The maximum Gasteiger partial charge on any atom is 0.118 e. The van der Waals surface area contributed by atoms with Crippen molar-refractivity contribution in [2.45, 2.75) is 59.3 Å². The Morgan fingerprint density at radius 2 is 1.78 bits per heavy atom. The fraction of sp³-hybridized carbons (Fsp3) is 0.857. The molecular formula is C14H27N3S. The molecule has 1 heterocycles. The first-order valence-electron chi connectivity index (χ1n) is 7.24. The van der Waals surface area contributed by atoms with E-state index >= 15 is 0 Å². The molecule has 0 bridgehead atoms. The van der Waals surface area contributed by atoms with E-state index in [-0.39, 0.29) is 0 Å². The quantitative estimate of drug-likeness (QED) is 0.661. The van der Waals surface area contributed by atoms with Gasteiger partial charge in [0.25, 0.3) is 0 Å². The third kappa shape index (κ3) is 7.07. The number of nitrogens with one attached hydrogen (secondary N) is 1. The standard InChI is InChI=1S/C14H27N3S/c1-4-5-6-7-8-13-16-17-14(18-13)9-10-15-11-12(2)3/h12,15H,4-11H2,1-3H3. The summed E-state index contributed by atoms with van der Waals surface area (Å²) in [5.41, 5.74) is 0. The molecule has 1 N–H and O–H groups in total. The molecule has 1 aromatic heterocycles.